The van der Waals surface area contributed by atoms with Crippen LogP contribution in [0.5, 0.6) is 0 Å². The van der Waals surface area contributed by atoms with E-state index in [1.54, 1.807) is 0 Å². The minimum atomic E-state index is -0.00243. The van der Waals surface area contributed by atoms with Crippen molar-refractivity contribution in [3.05, 3.63) is 193 Å². The Morgan fingerprint density at radius 1 is 0.448 bits per heavy atom. The van der Waals surface area contributed by atoms with Crippen LogP contribution < -0.4 is 9.80 Å². The third-order valence-electron chi connectivity index (χ3n) is 14.0. The second kappa shape index (κ2) is 14.7. The van der Waals surface area contributed by atoms with Crippen LogP contribution in [0.15, 0.2) is 180 Å². The zero-order valence-corrected chi connectivity index (χ0v) is 33.1. The summed E-state index contributed by atoms with van der Waals surface area (Å²) >= 11 is 0. The van der Waals surface area contributed by atoms with Crippen molar-refractivity contribution >= 4 is 56.1 Å². The van der Waals surface area contributed by atoms with Gasteiger partial charge in [0.2, 0.25) is 0 Å². The predicted octanol–water partition coefficient (Wildman–Crippen LogP) is 15.7. The summed E-state index contributed by atoms with van der Waals surface area (Å²) in [6.07, 6.45) is 11.8. The van der Waals surface area contributed by atoms with E-state index in [0.29, 0.717) is 11.8 Å². The Labute approximate surface area is 342 Å². The molecule has 58 heavy (non-hydrogen) atoms. The van der Waals surface area contributed by atoms with Gasteiger partial charge in [-0.15, -0.1) is 0 Å². The molecule has 3 aliphatic carbocycles. The standard InChI is InChI=1S/C55H50N2O/c1-4-13-40(14-5-1)41-24-31-48(32-25-41)57(51-20-12-22-53-54(51)50-19-10-11-21-52(50)58-53)49-35-29-43(30-36-49)55(38-39-23-26-44(55)37-39)42-27-33-47(34-28-42)56(45-15-6-2-7-16-45)46-17-8-3-9-18-46/h2-3,6-12,15-22,24-25,27-36,39-40,44H,1,4-5,13-14,23,26,37-38H2. The Morgan fingerprint density at radius 2 is 1.00 bits per heavy atom. The molecule has 3 nitrogen and oxygen atoms in total. The number of rotatable bonds is 9. The molecule has 8 aromatic rings. The van der Waals surface area contributed by atoms with Crippen molar-refractivity contribution in [3.8, 4) is 0 Å². The van der Waals surface area contributed by atoms with E-state index in [1.807, 2.05) is 0 Å². The van der Waals surface area contributed by atoms with Crippen LogP contribution in [0.3, 0.4) is 0 Å². The fourth-order valence-corrected chi connectivity index (χ4v) is 11.3. The second-order valence-electron chi connectivity index (χ2n) is 17.2. The quantitative estimate of drug-likeness (QED) is 0.146. The third-order valence-corrected chi connectivity index (χ3v) is 14.0. The number of hydrogen-bond acceptors (Lipinski definition) is 3. The van der Waals surface area contributed by atoms with Gasteiger partial charge >= 0.3 is 0 Å². The summed E-state index contributed by atoms with van der Waals surface area (Å²) in [5, 5.41) is 2.30. The maximum atomic E-state index is 6.43. The molecule has 0 saturated heterocycles. The summed E-state index contributed by atoms with van der Waals surface area (Å²) in [7, 11) is 0. The molecule has 0 N–H and O–H groups in total. The molecule has 2 bridgehead atoms. The lowest BCUT2D eigenvalue weighted by Crippen LogP contribution is -2.34. The molecule has 7 aromatic carbocycles. The maximum Gasteiger partial charge on any atom is 0.137 e. The molecule has 3 saturated carbocycles. The normalized spacial score (nSPS) is 20.5. The molecule has 3 heteroatoms. The van der Waals surface area contributed by atoms with Gasteiger partial charge < -0.3 is 14.2 Å². The maximum absolute atomic E-state index is 6.43. The summed E-state index contributed by atoms with van der Waals surface area (Å²) in [6, 6.07) is 65.2. The number of hydrogen-bond donors (Lipinski definition) is 0. The summed E-state index contributed by atoms with van der Waals surface area (Å²) in [5.74, 6) is 2.09. The average molecular weight is 755 g/mol. The highest BCUT2D eigenvalue weighted by Gasteiger charge is 2.52. The van der Waals surface area contributed by atoms with Crippen LogP contribution in [-0.4, -0.2) is 0 Å². The van der Waals surface area contributed by atoms with E-state index in [4.69, 9.17) is 4.42 Å². The molecule has 3 atom stereocenters. The molecule has 3 unspecified atom stereocenters. The zero-order valence-electron chi connectivity index (χ0n) is 33.1. The number of anilines is 6. The molecule has 1 aromatic heterocycles. The highest BCUT2D eigenvalue weighted by atomic mass is 16.3. The molecular weight excluding hydrogens is 705 g/mol. The topological polar surface area (TPSA) is 19.6 Å². The molecule has 1 heterocycles. The largest absolute Gasteiger partial charge is 0.456 e. The Balaban J connectivity index is 0.997. The first-order valence-corrected chi connectivity index (χ1v) is 21.6. The number of benzene rings is 7. The van der Waals surface area contributed by atoms with Gasteiger partial charge in [0, 0.05) is 39.2 Å². The Kier molecular flexibility index (Phi) is 8.91. The van der Waals surface area contributed by atoms with E-state index in [0.717, 1.165) is 33.5 Å². The lowest BCUT2D eigenvalue weighted by Gasteiger charge is -2.40. The lowest BCUT2D eigenvalue weighted by molar-refractivity contribution is 0.320. The molecule has 0 spiro atoms. The lowest BCUT2D eigenvalue weighted by atomic mass is 9.64. The highest BCUT2D eigenvalue weighted by Crippen LogP contribution is 2.60. The zero-order chi connectivity index (χ0) is 38.5. The van der Waals surface area contributed by atoms with Crippen molar-refractivity contribution in [2.24, 2.45) is 11.8 Å². The fourth-order valence-electron chi connectivity index (χ4n) is 11.3. The van der Waals surface area contributed by atoms with Crippen molar-refractivity contribution in [2.75, 3.05) is 9.80 Å². The summed E-state index contributed by atoms with van der Waals surface area (Å²) < 4.78 is 6.43. The van der Waals surface area contributed by atoms with Crippen molar-refractivity contribution in [1.29, 1.82) is 0 Å². The van der Waals surface area contributed by atoms with Crippen molar-refractivity contribution in [3.63, 3.8) is 0 Å². The van der Waals surface area contributed by atoms with Gasteiger partial charge in [0.15, 0.2) is 0 Å². The fraction of sp³-hybridized carbons (Fsp3) is 0.236. The average Bonchev–Trinajstić information content (AvgIpc) is 4.03. The van der Waals surface area contributed by atoms with Crippen LogP contribution >= 0.6 is 0 Å². The number of para-hydroxylation sites is 3. The first-order valence-electron chi connectivity index (χ1n) is 21.6. The van der Waals surface area contributed by atoms with Crippen LogP contribution in [0.25, 0.3) is 21.9 Å². The first-order chi connectivity index (χ1) is 28.7. The van der Waals surface area contributed by atoms with E-state index in [9.17, 15) is 0 Å². The van der Waals surface area contributed by atoms with Crippen LogP contribution in [0.2, 0.25) is 0 Å². The van der Waals surface area contributed by atoms with E-state index in [2.05, 4.69) is 186 Å². The number of fused-ring (bicyclic) bond motifs is 5. The SMILES string of the molecule is c1ccc(N(c2ccccc2)c2ccc(C3(c4ccc(N(c5ccc(C6CCCCC6)cc5)c5cccc6oc7ccccc7c56)cc4)CC4CCC3C4)cc2)cc1. The Morgan fingerprint density at radius 3 is 1.60 bits per heavy atom. The van der Waals surface area contributed by atoms with E-state index >= 15 is 0 Å². The van der Waals surface area contributed by atoms with Gasteiger partial charge in [-0.1, -0.05) is 123 Å². The van der Waals surface area contributed by atoms with Gasteiger partial charge in [-0.05, 0) is 145 Å². The highest BCUT2D eigenvalue weighted by molar-refractivity contribution is 6.13. The summed E-state index contributed by atoms with van der Waals surface area (Å²) in [6.45, 7) is 0. The molecule has 11 rings (SSSR count). The second-order valence-corrected chi connectivity index (χ2v) is 17.2. The minimum Gasteiger partial charge on any atom is -0.456 e. The molecule has 0 aliphatic heterocycles. The van der Waals surface area contributed by atoms with Gasteiger partial charge in [0.05, 0.1) is 11.1 Å². The Hall–Kier alpha value is -6.06. The van der Waals surface area contributed by atoms with Gasteiger partial charge in [-0.25, -0.2) is 0 Å². The molecule has 3 fully saturated rings. The van der Waals surface area contributed by atoms with E-state index in [-0.39, 0.29) is 5.41 Å². The number of nitrogens with zero attached hydrogens (tertiary/aromatic N) is 2. The van der Waals surface area contributed by atoms with Crippen LogP contribution in [0.4, 0.5) is 34.1 Å². The van der Waals surface area contributed by atoms with Crippen LogP contribution in [-0.2, 0) is 5.41 Å². The number of furan rings is 1. The molecule has 0 amide bonds. The van der Waals surface area contributed by atoms with Gasteiger partial charge in [0.1, 0.15) is 11.2 Å². The minimum absolute atomic E-state index is 0.00243. The predicted molar refractivity (Wildman–Crippen MR) is 242 cm³/mol. The van der Waals surface area contributed by atoms with E-state index in [1.165, 1.54) is 103 Å². The molecular formula is C55H50N2O. The summed E-state index contributed by atoms with van der Waals surface area (Å²) in [4.78, 5) is 4.83. The van der Waals surface area contributed by atoms with Crippen molar-refractivity contribution < 1.29 is 4.42 Å². The molecule has 286 valence electrons. The van der Waals surface area contributed by atoms with Crippen molar-refractivity contribution in [2.45, 2.75) is 69.1 Å². The van der Waals surface area contributed by atoms with Crippen LogP contribution in [0, 0.1) is 11.8 Å². The van der Waals surface area contributed by atoms with Crippen molar-refractivity contribution in [1.82, 2.24) is 0 Å². The van der Waals surface area contributed by atoms with E-state index < -0.39 is 0 Å². The third kappa shape index (κ3) is 6.02. The van der Waals surface area contributed by atoms with Gasteiger partial charge in [-0.3, -0.25) is 0 Å². The van der Waals surface area contributed by atoms with Gasteiger partial charge in [0.25, 0.3) is 0 Å². The molecule has 3 aliphatic rings. The monoisotopic (exact) mass is 754 g/mol. The van der Waals surface area contributed by atoms with Crippen LogP contribution in [0.1, 0.15) is 80.4 Å². The Bertz CT molecular complexity index is 2620. The molecule has 0 radical (unpaired) electrons. The first kappa shape index (κ1) is 35.1. The summed E-state index contributed by atoms with van der Waals surface area (Å²) in [5.41, 5.74) is 13.2. The van der Waals surface area contributed by atoms with Gasteiger partial charge in [-0.2, -0.15) is 0 Å². The smallest absolute Gasteiger partial charge is 0.137 e.